The Morgan fingerprint density at radius 3 is 2.48 bits per heavy atom. The zero-order valence-corrected chi connectivity index (χ0v) is 14.6. The van der Waals surface area contributed by atoms with Crippen LogP contribution < -0.4 is 15.5 Å². The number of Topliss-reactive ketones (excluding diaryl/α,β-unsaturated/α-hetero) is 1. The maximum Gasteiger partial charge on any atom is 0.271 e. The molecule has 136 valence electrons. The number of ketones is 1. The lowest BCUT2D eigenvalue weighted by molar-refractivity contribution is -0.124. The highest BCUT2D eigenvalue weighted by molar-refractivity contribution is 6.18. The first-order valence-corrected chi connectivity index (χ1v) is 8.59. The standard InChI is InChI=1S/C20H17N3O4/c1-12(24)13-6-8-14(9-7-13)21-19(27)20-11-10-17(25)23(20)16-5-3-2-4-15(16)18(26)22-20/h2-9H,10-11H2,1H3,(H,21,27)(H,22,26)/t20-/m1/s1. The Labute approximate surface area is 155 Å². The van der Waals surface area contributed by atoms with Crippen molar-refractivity contribution >= 4 is 34.9 Å². The molecule has 0 radical (unpaired) electrons. The summed E-state index contributed by atoms with van der Waals surface area (Å²) in [6.45, 7) is 1.46. The van der Waals surface area contributed by atoms with E-state index < -0.39 is 17.5 Å². The number of carbonyl (C=O) groups is 4. The number of anilines is 2. The molecule has 4 rings (SSSR count). The second-order valence-corrected chi connectivity index (χ2v) is 6.65. The van der Waals surface area contributed by atoms with Gasteiger partial charge in [-0.25, -0.2) is 0 Å². The highest BCUT2D eigenvalue weighted by Crippen LogP contribution is 2.39. The average Bonchev–Trinajstić information content (AvgIpc) is 3.00. The summed E-state index contributed by atoms with van der Waals surface area (Å²) in [5.74, 6) is -1.18. The van der Waals surface area contributed by atoms with Crippen molar-refractivity contribution in [2.45, 2.75) is 25.4 Å². The van der Waals surface area contributed by atoms with Crippen LogP contribution in [0.4, 0.5) is 11.4 Å². The third-order valence-electron chi connectivity index (χ3n) is 4.97. The molecule has 1 atom stereocenters. The first-order valence-electron chi connectivity index (χ1n) is 8.59. The number of carbonyl (C=O) groups excluding carboxylic acids is 4. The first kappa shape index (κ1) is 17.0. The monoisotopic (exact) mass is 363 g/mol. The molecular weight excluding hydrogens is 346 g/mol. The summed E-state index contributed by atoms with van der Waals surface area (Å²) in [6, 6.07) is 13.2. The van der Waals surface area contributed by atoms with E-state index in [-0.39, 0.29) is 24.5 Å². The largest absolute Gasteiger partial charge is 0.322 e. The fraction of sp³-hybridized carbons (Fsp3) is 0.200. The predicted octanol–water partition coefficient (Wildman–Crippen LogP) is 2.09. The van der Waals surface area contributed by atoms with Gasteiger partial charge in [0.1, 0.15) is 0 Å². The quantitative estimate of drug-likeness (QED) is 0.817. The lowest BCUT2D eigenvalue weighted by Gasteiger charge is -2.41. The highest BCUT2D eigenvalue weighted by Gasteiger charge is 2.56. The zero-order chi connectivity index (χ0) is 19.2. The number of para-hydroxylation sites is 1. The van der Waals surface area contributed by atoms with Crippen molar-refractivity contribution in [1.29, 1.82) is 0 Å². The molecule has 0 bridgehead atoms. The van der Waals surface area contributed by atoms with E-state index in [2.05, 4.69) is 10.6 Å². The van der Waals surface area contributed by atoms with Gasteiger partial charge in [0.2, 0.25) is 11.6 Å². The molecule has 1 saturated heterocycles. The molecule has 27 heavy (non-hydrogen) atoms. The lowest BCUT2D eigenvalue weighted by Crippen LogP contribution is -2.68. The number of hydrogen-bond donors (Lipinski definition) is 2. The fourth-order valence-corrected chi connectivity index (χ4v) is 3.59. The lowest BCUT2D eigenvalue weighted by atomic mass is 9.98. The minimum absolute atomic E-state index is 0.0739. The van der Waals surface area contributed by atoms with Crippen LogP contribution in [0.1, 0.15) is 40.5 Å². The van der Waals surface area contributed by atoms with Gasteiger partial charge in [-0.1, -0.05) is 12.1 Å². The third-order valence-corrected chi connectivity index (χ3v) is 4.97. The van der Waals surface area contributed by atoms with E-state index in [1.165, 1.54) is 11.8 Å². The molecule has 1 fully saturated rings. The van der Waals surface area contributed by atoms with E-state index in [0.29, 0.717) is 22.5 Å². The van der Waals surface area contributed by atoms with Gasteiger partial charge >= 0.3 is 0 Å². The molecule has 2 aromatic carbocycles. The number of rotatable bonds is 3. The molecule has 0 aliphatic carbocycles. The number of amides is 3. The molecule has 7 nitrogen and oxygen atoms in total. The van der Waals surface area contributed by atoms with Crippen molar-refractivity contribution in [3.05, 3.63) is 59.7 Å². The van der Waals surface area contributed by atoms with E-state index in [1.54, 1.807) is 48.5 Å². The molecule has 0 aromatic heterocycles. The van der Waals surface area contributed by atoms with Crippen LogP contribution in [0.2, 0.25) is 0 Å². The molecule has 0 unspecified atom stereocenters. The van der Waals surface area contributed by atoms with Crippen LogP contribution in [0.25, 0.3) is 0 Å². The Hall–Kier alpha value is -3.48. The molecule has 0 spiro atoms. The van der Waals surface area contributed by atoms with Crippen LogP contribution in [0, 0.1) is 0 Å². The van der Waals surface area contributed by atoms with Crippen LogP contribution in [0.3, 0.4) is 0 Å². The molecule has 0 saturated carbocycles. The number of nitrogens with one attached hydrogen (secondary N) is 2. The summed E-state index contributed by atoms with van der Waals surface area (Å²) in [7, 11) is 0. The molecule has 2 aromatic rings. The van der Waals surface area contributed by atoms with Crippen LogP contribution >= 0.6 is 0 Å². The SMILES string of the molecule is CC(=O)c1ccc(NC(=O)[C@@]23CCC(=O)N2c2ccccc2C(=O)N3)cc1. The molecule has 2 aliphatic heterocycles. The van der Waals surface area contributed by atoms with Gasteiger partial charge in [0.15, 0.2) is 5.78 Å². The second-order valence-electron chi connectivity index (χ2n) is 6.65. The Morgan fingerprint density at radius 2 is 1.78 bits per heavy atom. The maximum atomic E-state index is 13.1. The molecule has 2 N–H and O–H groups in total. The molecule has 2 heterocycles. The minimum atomic E-state index is -1.46. The normalized spacial score (nSPS) is 20.6. The third kappa shape index (κ3) is 2.59. The summed E-state index contributed by atoms with van der Waals surface area (Å²) in [5, 5.41) is 5.48. The van der Waals surface area contributed by atoms with Crippen molar-refractivity contribution in [3.8, 4) is 0 Å². The Kier molecular flexibility index (Phi) is 3.80. The molecular formula is C20H17N3O4. The molecule has 2 aliphatic rings. The van der Waals surface area contributed by atoms with Gasteiger partial charge in [-0.15, -0.1) is 0 Å². The van der Waals surface area contributed by atoms with Crippen molar-refractivity contribution in [2.75, 3.05) is 10.2 Å². The van der Waals surface area contributed by atoms with Gasteiger partial charge in [-0.3, -0.25) is 24.1 Å². The van der Waals surface area contributed by atoms with Crippen LogP contribution in [-0.4, -0.2) is 29.2 Å². The van der Waals surface area contributed by atoms with Crippen LogP contribution in [0.5, 0.6) is 0 Å². The van der Waals surface area contributed by atoms with E-state index in [9.17, 15) is 19.2 Å². The topological polar surface area (TPSA) is 95.6 Å². The summed E-state index contributed by atoms with van der Waals surface area (Å²) in [6.07, 6.45) is 0.342. The van der Waals surface area contributed by atoms with Gasteiger partial charge in [0, 0.05) is 24.1 Å². The average molecular weight is 363 g/mol. The van der Waals surface area contributed by atoms with E-state index in [0.717, 1.165) is 0 Å². The maximum absolute atomic E-state index is 13.1. The second kappa shape index (κ2) is 6.05. The van der Waals surface area contributed by atoms with Crippen molar-refractivity contribution in [1.82, 2.24) is 5.32 Å². The van der Waals surface area contributed by atoms with Crippen molar-refractivity contribution in [3.63, 3.8) is 0 Å². The summed E-state index contributed by atoms with van der Waals surface area (Å²) in [5.41, 5.74) is 0.352. The number of fused-ring (bicyclic) bond motifs is 3. The van der Waals surface area contributed by atoms with Crippen molar-refractivity contribution in [2.24, 2.45) is 0 Å². The number of benzene rings is 2. The smallest absolute Gasteiger partial charge is 0.271 e. The molecule has 3 amide bonds. The van der Waals surface area contributed by atoms with E-state index in [4.69, 9.17) is 0 Å². The van der Waals surface area contributed by atoms with Gasteiger partial charge in [0.25, 0.3) is 11.8 Å². The summed E-state index contributed by atoms with van der Waals surface area (Å²) < 4.78 is 0. The number of hydrogen-bond acceptors (Lipinski definition) is 4. The highest BCUT2D eigenvalue weighted by atomic mass is 16.2. The van der Waals surface area contributed by atoms with Gasteiger partial charge < -0.3 is 10.6 Å². The predicted molar refractivity (Wildman–Crippen MR) is 98.4 cm³/mol. The Bertz CT molecular complexity index is 983. The van der Waals surface area contributed by atoms with Crippen LogP contribution in [0.15, 0.2) is 48.5 Å². The van der Waals surface area contributed by atoms with E-state index >= 15 is 0 Å². The van der Waals surface area contributed by atoms with Crippen LogP contribution in [-0.2, 0) is 9.59 Å². The summed E-state index contributed by atoms with van der Waals surface area (Å²) in [4.78, 5) is 50.9. The van der Waals surface area contributed by atoms with Gasteiger partial charge in [-0.2, -0.15) is 0 Å². The van der Waals surface area contributed by atoms with Gasteiger partial charge in [0.05, 0.1) is 11.3 Å². The van der Waals surface area contributed by atoms with E-state index in [1.807, 2.05) is 0 Å². The minimum Gasteiger partial charge on any atom is -0.322 e. The molecule has 7 heteroatoms. The zero-order valence-electron chi connectivity index (χ0n) is 14.6. The number of nitrogens with zero attached hydrogens (tertiary/aromatic N) is 1. The summed E-state index contributed by atoms with van der Waals surface area (Å²) >= 11 is 0. The Balaban J connectivity index is 1.69. The fourth-order valence-electron chi connectivity index (χ4n) is 3.59. The Morgan fingerprint density at radius 1 is 1.07 bits per heavy atom. The van der Waals surface area contributed by atoms with Crippen molar-refractivity contribution < 1.29 is 19.2 Å². The first-order chi connectivity index (χ1) is 12.9. The van der Waals surface area contributed by atoms with Gasteiger partial charge in [-0.05, 0) is 43.3 Å².